The van der Waals surface area contributed by atoms with Gasteiger partial charge in [0.2, 0.25) is 5.91 Å². The van der Waals surface area contributed by atoms with Crippen LogP contribution in [0.15, 0.2) is 0 Å². The summed E-state index contributed by atoms with van der Waals surface area (Å²) in [6.07, 6.45) is -6.32. The molecule has 0 radical (unpaired) electrons. The lowest BCUT2D eigenvalue weighted by atomic mass is 9.99. The van der Waals surface area contributed by atoms with Gasteiger partial charge in [-0.3, -0.25) is 4.79 Å². The van der Waals surface area contributed by atoms with Crippen molar-refractivity contribution < 1.29 is 39.8 Å². The third-order valence-corrected chi connectivity index (χ3v) is 4.00. The Morgan fingerprint density at radius 3 is 2.42 bits per heavy atom. The summed E-state index contributed by atoms with van der Waals surface area (Å²) in [4.78, 5) is 11.6. The highest BCUT2D eigenvalue weighted by Gasteiger charge is 2.44. The van der Waals surface area contributed by atoms with Crippen molar-refractivity contribution in [2.45, 2.75) is 76.0 Å². The van der Waals surface area contributed by atoms with Crippen molar-refractivity contribution in [2.24, 2.45) is 0 Å². The fourth-order valence-electron chi connectivity index (χ4n) is 2.46. The van der Waals surface area contributed by atoms with Crippen molar-refractivity contribution in [3.63, 3.8) is 0 Å². The summed E-state index contributed by atoms with van der Waals surface area (Å²) < 4.78 is 10.6. The highest BCUT2D eigenvalue weighted by atomic mass is 16.7. The van der Waals surface area contributed by atoms with Crippen molar-refractivity contribution in [3.8, 4) is 0 Å². The first-order chi connectivity index (χ1) is 11.3. The highest BCUT2D eigenvalue weighted by Crippen LogP contribution is 2.22. The van der Waals surface area contributed by atoms with Crippen molar-refractivity contribution in [2.75, 3.05) is 13.2 Å². The molecule has 1 aliphatic heterocycles. The third kappa shape index (κ3) is 5.62. The Labute approximate surface area is 141 Å². The molecular weight excluding hydrogens is 322 g/mol. The Morgan fingerprint density at radius 1 is 1.21 bits per heavy atom. The van der Waals surface area contributed by atoms with Gasteiger partial charge in [-0.15, -0.1) is 0 Å². The zero-order valence-corrected chi connectivity index (χ0v) is 14.0. The topological polar surface area (TPSA) is 149 Å². The second-order valence-electron chi connectivity index (χ2n) is 5.91. The molecule has 0 aromatic heterocycles. The molecule has 0 aliphatic carbocycles. The van der Waals surface area contributed by atoms with Crippen LogP contribution in [0.2, 0.25) is 0 Å². The van der Waals surface area contributed by atoms with E-state index < -0.39 is 49.5 Å². The molecule has 1 rings (SSSR count). The minimum atomic E-state index is -1.54. The van der Waals surface area contributed by atoms with Crippen LogP contribution in [-0.2, 0) is 14.3 Å². The lowest BCUT2D eigenvalue weighted by Crippen LogP contribution is -2.60. The minimum absolute atomic E-state index is 0.157. The first kappa shape index (κ1) is 21.2. The second kappa shape index (κ2) is 10.2. The van der Waals surface area contributed by atoms with Crippen LogP contribution in [0, 0.1) is 0 Å². The number of amides is 1. The van der Waals surface area contributed by atoms with Crippen LogP contribution in [0.5, 0.6) is 0 Å². The van der Waals surface area contributed by atoms with Crippen LogP contribution in [0.25, 0.3) is 0 Å². The molecule has 0 spiro atoms. The summed E-state index contributed by atoms with van der Waals surface area (Å²) in [5.41, 5.74) is 0. The molecule has 0 aromatic rings. The largest absolute Gasteiger partial charge is 0.394 e. The van der Waals surface area contributed by atoms with Crippen molar-refractivity contribution >= 4 is 5.91 Å². The smallest absolute Gasteiger partial charge is 0.220 e. The average Bonchev–Trinajstić information content (AvgIpc) is 2.57. The lowest BCUT2D eigenvalue weighted by Gasteiger charge is -2.40. The number of hydrogen-bond acceptors (Lipinski definition) is 8. The predicted molar refractivity (Wildman–Crippen MR) is 82.9 cm³/mol. The molecule has 7 atom stereocenters. The standard InChI is InChI=1S/C15H29NO8/c1-3-5-9(18)8(16-11(19)4-2)7-23-15-14(22)13(21)12(20)10(6-17)24-15/h8-10,12-15,17-18,20-22H,3-7H2,1-2H3,(H,16,19)/t8?,9?,10?,12-,13?,14?,15-/m0/s1. The lowest BCUT2D eigenvalue weighted by molar-refractivity contribution is -0.302. The first-order valence-corrected chi connectivity index (χ1v) is 8.25. The van der Waals surface area contributed by atoms with Gasteiger partial charge >= 0.3 is 0 Å². The maximum absolute atomic E-state index is 11.6. The van der Waals surface area contributed by atoms with E-state index >= 15 is 0 Å². The molecule has 1 saturated heterocycles. The molecule has 9 nitrogen and oxygen atoms in total. The first-order valence-electron chi connectivity index (χ1n) is 8.25. The van der Waals surface area contributed by atoms with Gasteiger partial charge in [0, 0.05) is 6.42 Å². The van der Waals surface area contributed by atoms with Crippen LogP contribution < -0.4 is 5.32 Å². The predicted octanol–water partition coefficient (Wildman–Crippen LogP) is -2.14. The Morgan fingerprint density at radius 2 is 1.88 bits per heavy atom. The summed E-state index contributed by atoms with van der Waals surface area (Å²) >= 11 is 0. The molecule has 24 heavy (non-hydrogen) atoms. The molecule has 5 unspecified atom stereocenters. The number of nitrogens with one attached hydrogen (secondary N) is 1. The average molecular weight is 351 g/mol. The van der Waals surface area contributed by atoms with Crippen LogP contribution >= 0.6 is 0 Å². The number of rotatable bonds is 9. The Balaban J connectivity index is 2.68. The van der Waals surface area contributed by atoms with Crippen LogP contribution in [-0.4, -0.2) is 87.5 Å². The summed E-state index contributed by atoms with van der Waals surface area (Å²) in [7, 11) is 0. The van der Waals surface area contributed by atoms with E-state index in [1.54, 1.807) is 6.92 Å². The fourth-order valence-corrected chi connectivity index (χ4v) is 2.46. The van der Waals surface area contributed by atoms with E-state index in [0.29, 0.717) is 12.8 Å². The normalized spacial score (nSPS) is 33.0. The van der Waals surface area contributed by atoms with Gasteiger partial charge in [-0.25, -0.2) is 0 Å². The van der Waals surface area contributed by atoms with Gasteiger partial charge in [0.15, 0.2) is 6.29 Å². The van der Waals surface area contributed by atoms with Gasteiger partial charge in [0.1, 0.15) is 24.4 Å². The number of aliphatic hydroxyl groups excluding tert-OH is 5. The molecule has 1 amide bonds. The van der Waals surface area contributed by atoms with Crippen LogP contribution in [0.3, 0.4) is 0 Å². The van der Waals surface area contributed by atoms with E-state index in [1.807, 2.05) is 6.92 Å². The maximum atomic E-state index is 11.6. The summed E-state index contributed by atoms with van der Waals surface area (Å²) in [5.74, 6) is -0.257. The number of hydrogen-bond donors (Lipinski definition) is 6. The molecule has 1 fully saturated rings. The van der Waals surface area contributed by atoms with Gasteiger partial charge < -0.3 is 40.3 Å². The van der Waals surface area contributed by atoms with Gasteiger partial charge in [-0.05, 0) is 6.42 Å². The summed E-state index contributed by atoms with van der Waals surface area (Å²) in [5, 5.41) is 51.2. The van der Waals surface area contributed by atoms with Crippen molar-refractivity contribution in [1.29, 1.82) is 0 Å². The van der Waals surface area contributed by atoms with Crippen LogP contribution in [0.4, 0.5) is 0 Å². The Kier molecular flexibility index (Phi) is 9.06. The molecule has 0 aromatic carbocycles. The molecule has 0 bridgehead atoms. The van der Waals surface area contributed by atoms with Crippen molar-refractivity contribution in [1.82, 2.24) is 5.32 Å². The third-order valence-electron chi connectivity index (χ3n) is 4.00. The Hall–Kier alpha value is -0.810. The monoisotopic (exact) mass is 351 g/mol. The van der Waals surface area contributed by atoms with Crippen LogP contribution in [0.1, 0.15) is 33.1 Å². The minimum Gasteiger partial charge on any atom is -0.394 e. The van der Waals surface area contributed by atoms with E-state index in [4.69, 9.17) is 14.6 Å². The molecule has 6 N–H and O–H groups in total. The summed E-state index contributed by atoms with van der Waals surface area (Å²) in [6, 6.07) is -0.704. The molecule has 142 valence electrons. The van der Waals surface area contributed by atoms with E-state index in [2.05, 4.69) is 5.32 Å². The van der Waals surface area contributed by atoms with E-state index in [1.165, 1.54) is 0 Å². The van der Waals surface area contributed by atoms with Gasteiger partial charge in [-0.2, -0.15) is 0 Å². The Bertz CT molecular complexity index is 380. The maximum Gasteiger partial charge on any atom is 0.220 e. The van der Waals surface area contributed by atoms with E-state index in [0.717, 1.165) is 0 Å². The quantitative estimate of drug-likeness (QED) is 0.276. The zero-order chi connectivity index (χ0) is 18.3. The zero-order valence-electron chi connectivity index (χ0n) is 14.0. The fraction of sp³-hybridized carbons (Fsp3) is 0.933. The second-order valence-corrected chi connectivity index (χ2v) is 5.91. The molecule has 9 heteroatoms. The molecular formula is C15H29NO8. The van der Waals surface area contributed by atoms with Gasteiger partial charge in [0.25, 0.3) is 0 Å². The number of carbonyl (C=O) groups excluding carboxylic acids is 1. The van der Waals surface area contributed by atoms with Gasteiger partial charge in [0.05, 0.1) is 25.4 Å². The molecule has 1 heterocycles. The molecule has 0 saturated carbocycles. The highest BCUT2D eigenvalue weighted by molar-refractivity contribution is 5.75. The van der Waals surface area contributed by atoms with Crippen molar-refractivity contribution in [3.05, 3.63) is 0 Å². The summed E-state index contributed by atoms with van der Waals surface area (Å²) in [6.45, 7) is 2.85. The number of carbonyl (C=O) groups is 1. The molecule has 1 aliphatic rings. The number of aliphatic hydroxyl groups is 5. The van der Waals surface area contributed by atoms with E-state index in [-0.39, 0.29) is 18.9 Å². The van der Waals surface area contributed by atoms with Gasteiger partial charge in [-0.1, -0.05) is 20.3 Å². The SMILES string of the molecule is CCCC(O)C(CO[C@H]1OC(CO)[C@H](O)C(O)C1O)NC(=O)CC. The number of ether oxygens (including phenoxy) is 2. The van der Waals surface area contributed by atoms with E-state index in [9.17, 15) is 25.2 Å².